The molecular formula is C20H25N5O2. The molecule has 2 aromatic heterocycles. The number of pyridine rings is 1. The highest BCUT2D eigenvalue weighted by Crippen LogP contribution is 2.31. The van der Waals surface area contributed by atoms with Gasteiger partial charge in [0, 0.05) is 38.3 Å². The lowest BCUT2D eigenvalue weighted by atomic mass is 10.0. The van der Waals surface area contributed by atoms with Gasteiger partial charge in [-0.05, 0) is 45.2 Å². The summed E-state index contributed by atoms with van der Waals surface area (Å²) >= 11 is 0. The topological polar surface area (TPSA) is 71.5 Å². The van der Waals surface area contributed by atoms with E-state index in [-0.39, 0.29) is 11.9 Å². The number of hydrogen-bond donors (Lipinski definition) is 0. The fourth-order valence-corrected chi connectivity index (χ4v) is 3.99. The van der Waals surface area contributed by atoms with Gasteiger partial charge < -0.3 is 14.5 Å². The summed E-state index contributed by atoms with van der Waals surface area (Å²) < 4.78 is 6.01. The Labute approximate surface area is 159 Å². The van der Waals surface area contributed by atoms with Gasteiger partial charge in [-0.15, -0.1) is 0 Å². The molecule has 4 heterocycles. The first-order valence-corrected chi connectivity index (χ1v) is 9.59. The third-order valence-electron chi connectivity index (χ3n) is 5.42. The fraction of sp³-hybridized carbons (Fsp3) is 0.500. The number of likely N-dealkylation sites (tertiary alicyclic amines) is 1. The lowest BCUT2D eigenvalue weighted by molar-refractivity contribution is -0.129. The quantitative estimate of drug-likeness (QED) is 0.827. The van der Waals surface area contributed by atoms with Crippen molar-refractivity contribution < 1.29 is 9.53 Å². The molecule has 0 unspecified atom stereocenters. The van der Waals surface area contributed by atoms with Crippen molar-refractivity contribution in [1.29, 1.82) is 0 Å². The van der Waals surface area contributed by atoms with Crippen LogP contribution in [0.25, 0.3) is 0 Å². The van der Waals surface area contributed by atoms with Crippen LogP contribution >= 0.6 is 0 Å². The molecule has 27 heavy (non-hydrogen) atoms. The zero-order chi connectivity index (χ0) is 18.8. The van der Waals surface area contributed by atoms with Gasteiger partial charge in [0.15, 0.2) is 5.75 Å². The highest BCUT2D eigenvalue weighted by molar-refractivity contribution is 5.78. The number of anilines is 1. The van der Waals surface area contributed by atoms with E-state index >= 15 is 0 Å². The van der Waals surface area contributed by atoms with Gasteiger partial charge in [-0.2, -0.15) is 0 Å². The summed E-state index contributed by atoms with van der Waals surface area (Å²) in [5.74, 6) is 2.43. The molecule has 0 N–H and O–H groups in total. The van der Waals surface area contributed by atoms with Crippen molar-refractivity contribution in [2.75, 3.05) is 24.5 Å². The highest BCUT2D eigenvalue weighted by atomic mass is 16.5. The zero-order valence-electron chi connectivity index (χ0n) is 15.9. The van der Waals surface area contributed by atoms with E-state index in [2.05, 4.69) is 24.8 Å². The maximum Gasteiger partial charge on any atom is 0.227 e. The molecule has 7 nitrogen and oxygen atoms in total. The second kappa shape index (κ2) is 7.50. The molecule has 142 valence electrons. The van der Waals surface area contributed by atoms with Crippen molar-refractivity contribution in [1.82, 2.24) is 19.9 Å². The van der Waals surface area contributed by atoms with Gasteiger partial charge in [-0.1, -0.05) is 0 Å². The summed E-state index contributed by atoms with van der Waals surface area (Å²) in [6, 6.07) is 4.01. The van der Waals surface area contributed by atoms with Crippen molar-refractivity contribution in [3.8, 4) is 11.6 Å². The molecule has 0 radical (unpaired) electrons. The lowest BCUT2D eigenvalue weighted by Gasteiger charge is -2.38. The fourth-order valence-electron chi connectivity index (χ4n) is 3.99. The van der Waals surface area contributed by atoms with Crippen molar-refractivity contribution in [2.24, 2.45) is 0 Å². The maximum absolute atomic E-state index is 12.1. The molecule has 2 aliphatic rings. The Hall–Kier alpha value is -2.70. The number of carbonyl (C=O) groups is 1. The standard InChI is InChI=1S/C20H25N5O2/c1-14-19(22-13-23-20(14)27-17-7-3-9-21-15(17)2)24-10-4-6-16(12-24)25-11-5-8-18(25)26/h3,7,9,13,16H,4-6,8,10-12H2,1-2H3/t16-/m1/s1. The van der Waals surface area contributed by atoms with Crippen LogP contribution in [0.5, 0.6) is 11.6 Å². The van der Waals surface area contributed by atoms with Crippen LogP contribution in [0, 0.1) is 13.8 Å². The Kier molecular flexibility index (Phi) is 4.92. The van der Waals surface area contributed by atoms with Crippen LogP contribution in [-0.2, 0) is 4.79 Å². The van der Waals surface area contributed by atoms with E-state index in [4.69, 9.17) is 4.74 Å². The Bertz CT molecular complexity index is 841. The van der Waals surface area contributed by atoms with Crippen molar-refractivity contribution in [2.45, 2.75) is 45.6 Å². The normalized spacial score (nSPS) is 20.2. The zero-order valence-corrected chi connectivity index (χ0v) is 15.9. The van der Waals surface area contributed by atoms with Crippen LogP contribution in [0.4, 0.5) is 5.82 Å². The molecular weight excluding hydrogens is 342 g/mol. The maximum atomic E-state index is 12.1. The van der Waals surface area contributed by atoms with E-state index in [1.54, 1.807) is 12.5 Å². The second-order valence-corrected chi connectivity index (χ2v) is 7.25. The van der Waals surface area contributed by atoms with Gasteiger partial charge in [0.1, 0.15) is 12.1 Å². The summed E-state index contributed by atoms with van der Waals surface area (Å²) in [7, 11) is 0. The number of rotatable bonds is 4. The molecule has 4 rings (SSSR count). The number of ether oxygens (including phenoxy) is 1. The highest BCUT2D eigenvalue weighted by Gasteiger charge is 2.32. The lowest BCUT2D eigenvalue weighted by Crippen LogP contribution is -2.48. The molecule has 0 spiro atoms. The average molecular weight is 367 g/mol. The molecule has 1 atom stereocenters. The number of amides is 1. The van der Waals surface area contributed by atoms with Crippen LogP contribution in [0.1, 0.15) is 36.9 Å². The third kappa shape index (κ3) is 3.59. The Morgan fingerprint density at radius 3 is 2.81 bits per heavy atom. The van der Waals surface area contributed by atoms with Crippen molar-refractivity contribution in [3.05, 3.63) is 35.9 Å². The molecule has 0 bridgehead atoms. The van der Waals surface area contributed by atoms with Gasteiger partial charge in [0.05, 0.1) is 11.3 Å². The number of nitrogens with zero attached hydrogens (tertiary/aromatic N) is 5. The van der Waals surface area contributed by atoms with Crippen LogP contribution in [0.3, 0.4) is 0 Å². The monoisotopic (exact) mass is 367 g/mol. The molecule has 0 aromatic carbocycles. The van der Waals surface area contributed by atoms with E-state index in [0.29, 0.717) is 18.1 Å². The van der Waals surface area contributed by atoms with Crippen molar-refractivity contribution in [3.63, 3.8) is 0 Å². The molecule has 0 aliphatic carbocycles. The minimum atomic E-state index is 0.271. The summed E-state index contributed by atoms with van der Waals surface area (Å²) in [4.78, 5) is 29.6. The predicted molar refractivity (Wildman–Crippen MR) is 102 cm³/mol. The van der Waals surface area contributed by atoms with E-state index in [1.165, 1.54) is 0 Å². The number of aromatic nitrogens is 3. The van der Waals surface area contributed by atoms with Gasteiger partial charge in [-0.3, -0.25) is 9.78 Å². The molecule has 2 fully saturated rings. The summed E-state index contributed by atoms with van der Waals surface area (Å²) in [6.45, 7) is 6.53. The number of aryl methyl sites for hydroxylation is 1. The summed E-state index contributed by atoms with van der Waals surface area (Å²) in [6.07, 6.45) is 7.07. The Balaban J connectivity index is 1.55. The van der Waals surface area contributed by atoms with E-state index in [9.17, 15) is 4.79 Å². The Morgan fingerprint density at radius 2 is 2.04 bits per heavy atom. The minimum absolute atomic E-state index is 0.271. The first-order chi connectivity index (χ1) is 13.1. The number of piperidine rings is 1. The van der Waals surface area contributed by atoms with Crippen LogP contribution < -0.4 is 9.64 Å². The molecule has 2 aromatic rings. The van der Waals surface area contributed by atoms with Gasteiger partial charge >= 0.3 is 0 Å². The van der Waals surface area contributed by atoms with Crippen molar-refractivity contribution >= 4 is 11.7 Å². The van der Waals surface area contributed by atoms with Crippen LogP contribution in [0.15, 0.2) is 24.7 Å². The van der Waals surface area contributed by atoms with Gasteiger partial charge in [-0.25, -0.2) is 9.97 Å². The SMILES string of the molecule is Cc1ncccc1Oc1ncnc(N2CCC[C@@H](N3CCCC3=O)C2)c1C. The van der Waals surface area contributed by atoms with E-state index in [0.717, 1.165) is 56.0 Å². The minimum Gasteiger partial charge on any atom is -0.437 e. The van der Waals surface area contributed by atoms with E-state index < -0.39 is 0 Å². The first-order valence-electron chi connectivity index (χ1n) is 9.59. The van der Waals surface area contributed by atoms with Gasteiger partial charge in [0.25, 0.3) is 0 Å². The molecule has 0 saturated carbocycles. The second-order valence-electron chi connectivity index (χ2n) is 7.25. The average Bonchev–Trinajstić information content (AvgIpc) is 3.11. The largest absolute Gasteiger partial charge is 0.437 e. The molecule has 1 amide bonds. The Morgan fingerprint density at radius 1 is 1.15 bits per heavy atom. The van der Waals surface area contributed by atoms with Crippen LogP contribution in [-0.4, -0.2) is 51.4 Å². The third-order valence-corrected chi connectivity index (χ3v) is 5.42. The summed E-state index contributed by atoms with van der Waals surface area (Å²) in [5, 5.41) is 0. The predicted octanol–water partition coefficient (Wildman–Crippen LogP) is 2.87. The van der Waals surface area contributed by atoms with Crippen LogP contribution in [0.2, 0.25) is 0 Å². The molecule has 7 heteroatoms. The molecule has 2 saturated heterocycles. The van der Waals surface area contributed by atoms with E-state index in [1.807, 2.05) is 26.0 Å². The molecule has 2 aliphatic heterocycles. The summed E-state index contributed by atoms with van der Waals surface area (Å²) in [5.41, 5.74) is 1.73. The number of carbonyl (C=O) groups excluding carboxylic acids is 1. The number of hydrogen-bond acceptors (Lipinski definition) is 6. The van der Waals surface area contributed by atoms with Gasteiger partial charge in [0.2, 0.25) is 11.8 Å². The smallest absolute Gasteiger partial charge is 0.227 e. The first kappa shape index (κ1) is 17.7.